The summed E-state index contributed by atoms with van der Waals surface area (Å²) in [6, 6.07) is 20.0. The van der Waals surface area contributed by atoms with Gasteiger partial charge in [0.15, 0.2) is 11.9 Å². The Labute approximate surface area is 216 Å². The van der Waals surface area contributed by atoms with Crippen LogP contribution in [0.2, 0.25) is 0 Å². The van der Waals surface area contributed by atoms with Gasteiger partial charge < -0.3 is 14.0 Å². The number of carbonyl (C=O) groups is 1. The monoisotopic (exact) mass is 497 g/mol. The molecule has 0 amide bonds. The molecule has 0 radical (unpaired) electrons. The molecule has 0 bridgehead atoms. The Hall–Kier alpha value is -3.62. The number of carbonyl (C=O) groups excluding carboxylic acids is 1. The van der Waals surface area contributed by atoms with Gasteiger partial charge in [-0.15, -0.1) is 0 Å². The van der Waals surface area contributed by atoms with E-state index in [-0.39, 0.29) is 12.2 Å². The number of hydrogen-bond acceptors (Lipinski definition) is 7. The van der Waals surface area contributed by atoms with Crippen LogP contribution in [0.25, 0.3) is 11.2 Å². The van der Waals surface area contributed by atoms with Gasteiger partial charge in [0.25, 0.3) is 0 Å². The minimum atomic E-state index is 0.148. The molecule has 8 heteroatoms. The van der Waals surface area contributed by atoms with Crippen LogP contribution in [0.15, 0.2) is 60.7 Å². The van der Waals surface area contributed by atoms with Gasteiger partial charge in [0.2, 0.25) is 5.88 Å². The van der Waals surface area contributed by atoms with Crippen molar-refractivity contribution in [2.45, 2.75) is 51.0 Å². The van der Waals surface area contributed by atoms with Gasteiger partial charge in [-0.25, -0.2) is 15.0 Å². The van der Waals surface area contributed by atoms with E-state index in [1.165, 1.54) is 5.56 Å². The number of aromatic nitrogens is 4. The van der Waals surface area contributed by atoms with Gasteiger partial charge >= 0.3 is 0 Å². The van der Waals surface area contributed by atoms with E-state index in [1.54, 1.807) is 6.07 Å². The summed E-state index contributed by atoms with van der Waals surface area (Å²) >= 11 is 0. The van der Waals surface area contributed by atoms with E-state index in [9.17, 15) is 4.79 Å². The number of hydrogen-bond donors (Lipinski definition) is 0. The molecule has 0 spiro atoms. The number of piperidine rings is 1. The van der Waals surface area contributed by atoms with E-state index in [2.05, 4.69) is 44.8 Å². The maximum atomic E-state index is 11.3. The summed E-state index contributed by atoms with van der Waals surface area (Å²) in [5.74, 6) is 1.67. The van der Waals surface area contributed by atoms with Gasteiger partial charge in [0.1, 0.15) is 23.1 Å². The van der Waals surface area contributed by atoms with Crippen LogP contribution in [0.4, 0.5) is 0 Å². The van der Waals surface area contributed by atoms with Crippen LogP contribution in [0.5, 0.6) is 5.88 Å². The topological polar surface area (TPSA) is 82.4 Å². The molecule has 4 aromatic rings. The summed E-state index contributed by atoms with van der Waals surface area (Å²) in [5, 5.41) is 0. The van der Waals surface area contributed by atoms with Crippen molar-refractivity contribution in [3.8, 4) is 5.88 Å². The molecule has 2 aliphatic rings. The SMILES string of the molecule is O=Cc1ccc2nc(CN3CCC(Oc4cccc(Cc5ccccc5)n4)CC3)n(C[C@@H]3CCO3)c2n1. The smallest absolute Gasteiger partial charge is 0.213 e. The zero-order valence-corrected chi connectivity index (χ0v) is 20.8. The molecule has 3 aromatic heterocycles. The van der Waals surface area contributed by atoms with Gasteiger partial charge in [-0.1, -0.05) is 36.4 Å². The minimum Gasteiger partial charge on any atom is -0.474 e. The van der Waals surface area contributed by atoms with Crippen molar-refractivity contribution >= 4 is 17.5 Å². The van der Waals surface area contributed by atoms with Gasteiger partial charge in [0, 0.05) is 37.9 Å². The van der Waals surface area contributed by atoms with Crippen molar-refractivity contribution in [1.29, 1.82) is 0 Å². The number of ether oxygens (including phenoxy) is 2. The molecule has 0 N–H and O–H groups in total. The Morgan fingerprint density at radius 2 is 1.78 bits per heavy atom. The molecule has 1 aromatic carbocycles. The normalized spacial score (nSPS) is 18.5. The highest BCUT2D eigenvalue weighted by Gasteiger charge is 2.26. The van der Waals surface area contributed by atoms with E-state index < -0.39 is 0 Å². The van der Waals surface area contributed by atoms with E-state index in [1.807, 2.05) is 24.3 Å². The summed E-state index contributed by atoms with van der Waals surface area (Å²) < 4.78 is 14.1. The first kappa shape index (κ1) is 23.8. The largest absolute Gasteiger partial charge is 0.474 e. The highest BCUT2D eigenvalue weighted by Crippen LogP contribution is 2.23. The van der Waals surface area contributed by atoms with Crippen molar-refractivity contribution in [2.75, 3.05) is 19.7 Å². The lowest BCUT2D eigenvalue weighted by Gasteiger charge is -2.32. The molecule has 6 rings (SSSR count). The number of pyridine rings is 2. The van der Waals surface area contributed by atoms with Crippen molar-refractivity contribution in [3.05, 3.63) is 83.4 Å². The van der Waals surface area contributed by atoms with Crippen LogP contribution in [-0.4, -0.2) is 62.6 Å². The standard InChI is InChI=1S/C29H31N5O3/c35-20-23-9-10-26-29(31-23)34(18-25-13-16-36-25)27(32-26)19-33-14-11-24(12-15-33)37-28-8-4-7-22(30-28)17-21-5-2-1-3-6-21/h1-10,20,24-25H,11-19H2/t25-/m0/s1. The second-order valence-electron chi connectivity index (χ2n) is 9.84. The molecule has 5 heterocycles. The quantitative estimate of drug-likeness (QED) is 0.323. The van der Waals surface area contributed by atoms with Crippen LogP contribution in [0.3, 0.4) is 0 Å². The third-order valence-corrected chi connectivity index (χ3v) is 7.19. The molecule has 2 fully saturated rings. The average molecular weight is 498 g/mol. The van der Waals surface area contributed by atoms with Crippen molar-refractivity contribution in [1.82, 2.24) is 24.4 Å². The lowest BCUT2D eigenvalue weighted by Crippen LogP contribution is -2.39. The summed E-state index contributed by atoms with van der Waals surface area (Å²) in [7, 11) is 0. The van der Waals surface area contributed by atoms with E-state index in [0.717, 1.165) is 80.9 Å². The van der Waals surface area contributed by atoms with E-state index >= 15 is 0 Å². The molecule has 0 aliphatic carbocycles. The highest BCUT2D eigenvalue weighted by molar-refractivity contribution is 5.79. The van der Waals surface area contributed by atoms with Gasteiger partial charge in [-0.05, 0) is 43.0 Å². The Morgan fingerprint density at radius 1 is 0.946 bits per heavy atom. The van der Waals surface area contributed by atoms with Crippen LogP contribution in [0, 0.1) is 0 Å². The molecular weight excluding hydrogens is 466 g/mol. The van der Waals surface area contributed by atoms with E-state index in [4.69, 9.17) is 19.4 Å². The average Bonchev–Trinajstić information content (AvgIpc) is 3.24. The summed E-state index contributed by atoms with van der Waals surface area (Å²) in [6.45, 7) is 4.09. The number of nitrogens with zero attached hydrogens (tertiary/aromatic N) is 5. The number of imidazole rings is 1. The molecular formula is C29H31N5O3. The first-order valence-corrected chi connectivity index (χ1v) is 13.1. The molecule has 8 nitrogen and oxygen atoms in total. The highest BCUT2D eigenvalue weighted by atomic mass is 16.5. The number of benzene rings is 1. The Bertz CT molecular complexity index is 1360. The van der Waals surface area contributed by atoms with Gasteiger partial charge in [0.05, 0.1) is 19.2 Å². The molecule has 0 unspecified atom stereocenters. The molecule has 2 aliphatic heterocycles. The second kappa shape index (κ2) is 10.8. The predicted molar refractivity (Wildman–Crippen MR) is 140 cm³/mol. The fourth-order valence-electron chi connectivity index (χ4n) is 5.06. The number of aldehydes is 1. The lowest BCUT2D eigenvalue weighted by atomic mass is 10.1. The third kappa shape index (κ3) is 5.55. The van der Waals surface area contributed by atoms with Crippen LogP contribution in [0.1, 0.15) is 46.8 Å². The maximum absolute atomic E-state index is 11.3. The van der Waals surface area contributed by atoms with Gasteiger partial charge in [-0.2, -0.15) is 0 Å². The molecule has 2 saturated heterocycles. The third-order valence-electron chi connectivity index (χ3n) is 7.19. The van der Waals surface area contributed by atoms with Crippen LogP contribution >= 0.6 is 0 Å². The van der Waals surface area contributed by atoms with E-state index in [0.29, 0.717) is 18.1 Å². The molecule has 0 saturated carbocycles. The van der Waals surface area contributed by atoms with Crippen LogP contribution < -0.4 is 4.74 Å². The Balaban J connectivity index is 1.09. The minimum absolute atomic E-state index is 0.148. The number of rotatable bonds is 9. The first-order chi connectivity index (χ1) is 18.2. The fourth-order valence-corrected chi connectivity index (χ4v) is 5.06. The fraction of sp³-hybridized carbons (Fsp3) is 0.379. The molecule has 1 atom stereocenters. The Kier molecular flexibility index (Phi) is 6.92. The zero-order chi connectivity index (χ0) is 25.0. The number of likely N-dealkylation sites (tertiary alicyclic amines) is 1. The summed E-state index contributed by atoms with van der Waals surface area (Å²) in [6.07, 6.45) is 4.82. The van der Waals surface area contributed by atoms with Crippen LogP contribution in [-0.2, 0) is 24.2 Å². The molecule has 37 heavy (non-hydrogen) atoms. The van der Waals surface area contributed by atoms with Crippen molar-refractivity contribution < 1.29 is 14.3 Å². The predicted octanol–water partition coefficient (Wildman–Crippen LogP) is 4.06. The zero-order valence-electron chi connectivity index (χ0n) is 20.8. The molecule has 190 valence electrons. The van der Waals surface area contributed by atoms with Gasteiger partial charge in [-0.3, -0.25) is 9.69 Å². The lowest BCUT2D eigenvalue weighted by molar-refractivity contribution is -0.0593. The second-order valence-corrected chi connectivity index (χ2v) is 9.84. The number of fused-ring (bicyclic) bond motifs is 1. The summed E-state index contributed by atoms with van der Waals surface area (Å²) in [5.41, 5.74) is 4.26. The first-order valence-electron chi connectivity index (χ1n) is 13.1. The van der Waals surface area contributed by atoms with Crippen molar-refractivity contribution in [3.63, 3.8) is 0 Å². The van der Waals surface area contributed by atoms with Crippen molar-refractivity contribution in [2.24, 2.45) is 0 Å². The summed E-state index contributed by atoms with van der Waals surface area (Å²) in [4.78, 5) is 27.9. The Morgan fingerprint density at radius 3 is 2.54 bits per heavy atom. The maximum Gasteiger partial charge on any atom is 0.213 e.